The first kappa shape index (κ1) is 34.2. The molecule has 2 atom stereocenters. The average Bonchev–Trinajstić information content (AvgIpc) is 3.47. The zero-order valence-electron chi connectivity index (χ0n) is 26.7. The number of rotatable bonds is 22. The molecule has 2 aromatic rings. The van der Waals surface area contributed by atoms with Crippen LogP contribution in [0.1, 0.15) is 140 Å². The molecule has 1 aliphatic rings. The van der Waals surface area contributed by atoms with E-state index in [2.05, 4.69) is 47.9 Å². The van der Waals surface area contributed by atoms with Crippen LogP contribution in [-0.2, 0) is 9.53 Å². The molecule has 2 heterocycles. The fourth-order valence-corrected chi connectivity index (χ4v) is 6.43. The van der Waals surface area contributed by atoms with Crippen LogP contribution in [0.25, 0.3) is 5.57 Å². The van der Waals surface area contributed by atoms with Crippen molar-refractivity contribution in [2.45, 2.75) is 129 Å². The number of quaternary nitrogens is 1. The molecule has 7 heteroatoms. The van der Waals surface area contributed by atoms with E-state index in [1.54, 1.807) is 0 Å². The zero-order valence-corrected chi connectivity index (χ0v) is 27.5. The van der Waals surface area contributed by atoms with E-state index in [4.69, 9.17) is 9.47 Å². The second-order valence-corrected chi connectivity index (χ2v) is 12.8. The minimum atomic E-state index is -0.361. The summed E-state index contributed by atoms with van der Waals surface area (Å²) in [7, 11) is 2.20. The van der Waals surface area contributed by atoms with Gasteiger partial charge >= 0.3 is 5.97 Å². The third-order valence-corrected chi connectivity index (χ3v) is 8.95. The number of aromatic nitrogens is 2. The van der Waals surface area contributed by atoms with Crippen LogP contribution in [0.2, 0.25) is 0 Å². The van der Waals surface area contributed by atoms with Gasteiger partial charge in [-0.3, -0.25) is 9.28 Å². The Bertz CT molecular complexity index is 1040. The SMILES string of the molecule is CCCCCCCCCCCCCC(=O)OC(c1ccccc1)[N+]1(C)CCC=C(c2nsnc2OCCCCCC)C1. The van der Waals surface area contributed by atoms with Crippen molar-refractivity contribution in [1.29, 1.82) is 0 Å². The van der Waals surface area contributed by atoms with Gasteiger partial charge in [-0.15, -0.1) is 4.37 Å². The van der Waals surface area contributed by atoms with Crippen molar-refractivity contribution < 1.29 is 18.8 Å². The summed E-state index contributed by atoms with van der Waals surface area (Å²) in [5.41, 5.74) is 3.01. The number of unbranched alkanes of at least 4 members (excludes halogenated alkanes) is 13. The van der Waals surface area contributed by atoms with Crippen LogP contribution >= 0.6 is 11.7 Å². The van der Waals surface area contributed by atoms with Gasteiger partial charge in [0.2, 0.25) is 0 Å². The number of esters is 1. The highest BCUT2D eigenvalue weighted by atomic mass is 32.1. The summed E-state index contributed by atoms with van der Waals surface area (Å²) in [5, 5.41) is 0. The van der Waals surface area contributed by atoms with Gasteiger partial charge in [0.1, 0.15) is 12.2 Å². The van der Waals surface area contributed by atoms with Crippen molar-refractivity contribution in [3.63, 3.8) is 0 Å². The van der Waals surface area contributed by atoms with Crippen LogP contribution in [0.3, 0.4) is 0 Å². The first-order valence-corrected chi connectivity index (χ1v) is 17.5. The van der Waals surface area contributed by atoms with Gasteiger partial charge in [0.15, 0.2) is 0 Å². The lowest BCUT2D eigenvalue weighted by atomic mass is 10.0. The van der Waals surface area contributed by atoms with Crippen LogP contribution in [0, 0.1) is 0 Å². The van der Waals surface area contributed by atoms with Crippen LogP contribution in [0.15, 0.2) is 36.4 Å². The van der Waals surface area contributed by atoms with Gasteiger partial charge in [-0.25, -0.2) is 0 Å². The van der Waals surface area contributed by atoms with Crippen LogP contribution in [0.5, 0.6) is 5.88 Å². The molecular weight excluding hydrogens is 542 g/mol. The van der Waals surface area contributed by atoms with Gasteiger partial charge in [0, 0.05) is 18.4 Å². The van der Waals surface area contributed by atoms with Crippen LogP contribution in [0.4, 0.5) is 0 Å². The first-order chi connectivity index (χ1) is 20.6. The molecule has 0 amide bonds. The molecule has 42 heavy (non-hydrogen) atoms. The standard InChI is InChI=1S/C35H56N3O3S/c1-4-6-8-10-11-12-13-14-15-16-20-26-32(39)41-35(30-23-18-17-19-24-30)38(3)27-22-25-31(29-38)33-34(37-42-36-33)40-28-21-9-7-5-2/h17-19,23-25,35H,4-16,20-22,26-29H2,1-3H3/q+1. The Morgan fingerprint density at radius 3 is 2.14 bits per heavy atom. The minimum absolute atomic E-state index is 0.0957. The van der Waals surface area contributed by atoms with E-state index >= 15 is 0 Å². The molecular formula is C35H56N3O3S+. The molecule has 1 aliphatic heterocycles. The van der Waals surface area contributed by atoms with Crippen molar-refractivity contribution in [2.75, 3.05) is 26.7 Å². The lowest BCUT2D eigenvalue weighted by Crippen LogP contribution is -2.51. The predicted molar refractivity (Wildman–Crippen MR) is 174 cm³/mol. The molecule has 0 radical (unpaired) electrons. The van der Waals surface area contributed by atoms with Gasteiger partial charge < -0.3 is 9.47 Å². The Hall–Kier alpha value is -2.25. The monoisotopic (exact) mass is 598 g/mol. The molecule has 3 rings (SSSR count). The number of nitrogens with zero attached hydrogens (tertiary/aromatic N) is 3. The van der Waals surface area contributed by atoms with E-state index < -0.39 is 0 Å². The Kier molecular flexibility index (Phi) is 16.2. The predicted octanol–water partition coefficient (Wildman–Crippen LogP) is 9.67. The van der Waals surface area contributed by atoms with Gasteiger partial charge in [-0.2, -0.15) is 4.37 Å². The van der Waals surface area contributed by atoms with E-state index in [-0.39, 0.29) is 12.2 Å². The van der Waals surface area contributed by atoms with E-state index in [0.717, 1.165) is 49.1 Å². The highest BCUT2D eigenvalue weighted by molar-refractivity contribution is 6.99. The van der Waals surface area contributed by atoms with E-state index in [1.165, 1.54) is 88.8 Å². The van der Waals surface area contributed by atoms with Crippen LogP contribution < -0.4 is 4.74 Å². The molecule has 0 saturated carbocycles. The summed E-state index contributed by atoms with van der Waals surface area (Å²) in [4.78, 5) is 13.1. The topological polar surface area (TPSA) is 61.3 Å². The van der Waals surface area contributed by atoms with E-state index in [1.807, 2.05) is 18.2 Å². The van der Waals surface area contributed by atoms with Crippen molar-refractivity contribution in [2.24, 2.45) is 0 Å². The molecule has 0 spiro atoms. The number of hydrogen-bond donors (Lipinski definition) is 0. The molecule has 0 aliphatic carbocycles. The number of hydrogen-bond acceptors (Lipinski definition) is 6. The van der Waals surface area contributed by atoms with Crippen LogP contribution in [-0.4, -0.2) is 45.9 Å². The summed E-state index contributed by atoms with van der Waals surface area (Å²) in [6.45, 7) is 6.75. The number of carbonyl (C=O) groups excluding carboxylic acids is 1. The summed E-state index contributed by atoms with van der Waals surface area (Å²) in [6.07, 6.45) is 21.9. The highest BCUT2D eigenvalue weighted by Gasteiger charge is 2.40. The number of benzene rings is 1. The Morgan fingerprint density at radius 2 is 1.48 bits per heavy atom. The quantitative estimate of drug-likeness (QED) is 0.0767. The zero-order chi connectivity index (χ0) is 29.9. The maximum atomic E-state index is 13.1. The Balaban J connectivity index is 1.52. The molecule has 0 saturated heterocycles. The minimum Gasteiger partial charge on any atom is -0.475 e. The molecule has 1 aromatic heterocycles. The third-order valence-electron chi connectivity index (χ3n) is 8.44. The first-order valence-electron chi connectivity index (χ1n) is 16.8. The largest absolute Gasteiger partial charge is 0.475 e. The van der Waals surface area contributed by atoms with Gasteiger partial charge in [-0.1, -0.05) is 122 Å². The van der Waals surface area contributed by atoms with Gasteiger partial charge in [0.25, 0.3) is 12.1 Å². The molecule has 6 nitrogen and oxygen atoms in total. The highest BCUT2D eigenvalue weighted by Crippen LogP contribution is 2.37. The summed E-state index contributed by atoms with van der Waals surface area (Å²) < 4.78 is 22.1. The summed E-state index contributed by atoms with van der Waals surface area (Å²) in [5.74, 6) is 0.544. The fourth-order valence-electron chi connectivity index (χ4n) is 5.90. The van der Waals surface area contributed by atoms with E-state index in [0.29, 0.717) is 29.9 Å². The average molecular weight is 599 g/mol. The van der Waals surface area contributed by atoms with Gasteiger partial charge in [-0.05, 0) is 25.0 Å². The molecule has 0 bridgehead atoms. The van der Waals surface area contributed by atoms with E-state index in [9.17, 15) is 4.79 Å². The third kappa shape index (κ3) is 11.8. The normalized spacial score (nSPS) is 17.5. The number of likely N-dealkylation sites (N-methyl/N-ethyl adjacent to an activating group) is 1. The molecule has 1 aromatic carbocycles. The fraction of sp³-hybridized carbons (Fsp3) is 0.686. The van der Waals surface area contributed by atoms with Crippen molar-refractivity contribution in [3.05, 3.63) is 47.7 Å². The Morgan fingerprint density at radius 1 is 0.857 bits per heavy atom. The molecule has 2 unspecified atom stereocenters. The van der Waals surface area contributed by atoms with Crippen molar-refractivity contribution >= 4 is 23.3 Å². The Labute approximate surface area is 259 Å². The second kappa shape index (κ2) is 19.8. The van der Waals surface area contributed by atoms with Gasteiger partial charge in [0.05, 0.1) is 37.5 Å². The number of carbonyl (C=O) groups is 1. The summed E-state index contributed by atoms with van der Waals surface area (Å²) >= 11 is 1.21. The van der Waals surface area contributed by atoms with Crippen molar-refractivity contribution in [3.8, 4) is 5.88 Å². The molecule has 0 fully saturated rings. The molecule has 0 N–H and O–H groups in total. The second-order valence-electron chi connectivity index (χ2n) is 12.2. The lowest BCUT2D eigenvalue weighted by molar-refractivity contribution is -0.953. The lowest BCUT2D eigenvalue weighted by Gasteiger charge is -2.42. The smallest absolute Gasteiger partial charge is 0.310 e. The molecule has 234 valence electrons. The maximum Gasteiger partial charge on any atom is 0.310 e. The maximum absolute atomic E-state index is 13.1. The number of ether oxygens (including phenoxy) is 2. The summed E-state index contributed by atoms with van der Waals surface area (Å²) in [6, 6.07) is 10.2. The van der Waals surface area contributed by atoms with Crippen molar-refractivity contribution in [1.82, 2.24) is 8.75 Å².